The van der Waals surface area contributed by atoms with E-state index in [0.717, 1.165) is 54.1 Å². The summed E-state index contributed by atoms with van der Waals surface area (Å²) < 4.78 is 13.9. The maximum absolute atomic E-state index is 12.6. The summed E-state index contributed by atoms with van der Waals surface area (Å²) >= 11 is 0. The lowest BCUT2D eigenvalue weighted by Gasteiger charge is -2.24. The maximum atomic E-state index is 12.6. The molecule has 0 spiro atoms. The highest BCUT2D eigenvalue weighted by molar-refractivity contribution is 6.02. The van der Waals surface area contributed by atoms with E-state index < -0.39 is 0 Å². The van der Waals surface area contributed by atoms with Crippen LogP contribution in [0.15, 0.2) is 18.2 Å². The fourth-order valence-corrected chi connectivity index (χ4v) is 5.09. The van der Waals surface area contributed by atoms with Gasteiger partial charge >= 0.3 is 0 Å². The molecule has 4 rings (SSSR count). The van der Waals surface area contributed by atoms with Gasteiger partial charge in [-0.2, -0.15) is 0 Å². The first-order chi connectivity index (χ1) is 14.6. The standard InChI is InChI=1S/C25H34N2O3/c1-3-4-10-20-24(19-11-12-21-22(15-19)30-14-13-29-21)23(25(26)28)17(2)27(20)16-18-8-6-5-7-9-18/h11-12,15,18H,3-10,13-14,16H2,1-2H3,(H2,26,28). The van der Waals surface area contributed by atoms with Crippen LogP contribution in [0.1, 0.15) is 73.6 Å². The molecule has 1 aromatic heterocycles. The van der Waals surface area contributed by atoms with Gasteiger partial charge in [-0.25, -0.2) is 0 Å². The van der Waals surface area contributed by atoms with Gasteiger partial charge < -0.3 is 19.8 Å². The molecule has 5 nitrogen and oxygen atoms in total. The van der Waals surface area contributed by atoms with Crippen molar-refractivity contribution in [3.8, 4) is 22.6 Å². The summed E-state index contributed by atoms with van der Waals surface area (Å²) in [4.78, 5) is 12.6. The fourth-order valence-electron chi connectivity index (χ4n) is 5.09. The minimum absolute atomic E-state index is 0.350. The van der Waals surface area contributed by atoms with Crippen molar-refractivity contribution in [1.29, 1.82) is 0 Å². The lowest BCUT2D eigenvalue weighted by atomic mass is 9.89. The van der Waals surface area contributed by atoms with Gasteiger partial charge in [0.25, 0.3) is 5.91 Å². The summed E-state index contributed by atoms with van der Waals surface area (Å²) in [5.41, 5.74) is 10.8. The number of unbranched alkanes of at least 4 members (excludes halogenated alkanes) is 1. The molecular weight excluding hydrogens is 376 g/mol. The Hall–Kier alpha value is -2.43. The number of fused-ring (bicyclic) bond motifs is 1. The monoisotopic (exact) mass is 410 g/mol. The summed E-state index contributed by atoms with van der Waals surface area (Å²) in [5, 5.41) is 0. The zero-order valence-electron chi connectivity index (χ0n) is 18.3. The molecule has 1 fully saturated rings. The third-order valence-electron chi connectivity index (χ3n) is 6.64. The quantitative estimate of drug-likeness (QED) is 0.677. The largest absolute Gasteiger partial charge is 0.486 e. The number of amides is 1. The van der Waals surface area contributed by atoms with Gasteiger partial charge in [0.05, 0.1) is 5.56 Å². The number of hydrogen-bond acceptors (Lipinski definition) is 3. The van der Waals surface area contributed by atoms with Crippen molar-refractivity contribution in [3.63, 3.8) is 0 Å². The van der Waals surface area contributed by atoms with Crippen LogP contribution in [0.4, 0.5) is 0 Å². The molecule has 0 radical (unpaired) electrons. The van der Waals surface area contributed by atoms with Crippen LogP contribution in [-0.2, 0) is 13.0 Å². The minimum Gasteiger partial charge on any atom is -0.486 e. The van der Waals surface area contributed by atoms with Gasteiger partial charge in [-0.05, 0) is 56.2 Å². The first-order valence-corrected chi connectivity index (χ1v) is 11.5. The highest BCUT2D eigenvalue weighted by Crippen LogP contribution is 2.40. The van der Waals surface area contributed by atoms with E-state index in [9.17, 15) is 4.79 Å². The first-order valence-electron chi connectivity index (χ1n) is 11.5. The Morgan fingerprint density at radius 1 is 1.13 bits per heavy atom. The second-order valence-corrected chi connectivity index (χ2v) is 8.72. The van der Waals surface area contributed by atoms with E-state index in [2.05, 4.69) is 18.4 Å². The van der Waals surface area contributed by atoms with Crippen LogP contribution in [0, 0.1) is 12.8 Å². The normalized spacial score (nSPS) is 16.6. The van der Waals surface area contributed by atoms with Gasteiger partial charge in [0.15, 0.2) is 11.5 Å². The highest BCUT2D eigenvalue weighted by atomic mass is 16.6. The van der Waals surface area contributed by atoms with Crippen LogP contribution >= 0.6 is 0 Å². The third kappa shape index (κ3) is 4.07. The van der Waals surface area contributed by atoms with Crippen molar-refractivity contribution in [2.75, 3.05) is 13.2 Å². The zero-order valence-corrected chi connectivity index (χ0v) is 18.3. The summed E-state index contributed by atoms with van der Waals surface area (Å²) in [6.45, 7) is 6.36. The SMILES string of the molecule is CCCCc1c(-c2ccc3c(c2)OCCO3)c(C(N)=O)c(C)n1CC1CCCCC1. The number of ether oxygens (including phenoxy) is 2. The molecule has 0 atom stereocenters. The molecule has 1 aromatic carbocycles. The van der Waals surface area contributed by atoms with E-state index in [1.165, 1.54) is 37.8 Å². The summed E-state index contributed by atoms with van der Waals surface area (Å²) in [6.07, 6.45) is 9.66. The molecule has 2 N–H and O–H groups in total. The molecule has 0 bridgehead atoms. The van der Waals surface area contributed by atoms with Gasteiger partial charge in [0.1, 0.15) is 13.2 Å². The van der Waals surface area contributed by atoms with Crippen molar-refractivity contribution in [2.45, 2.75) is 71.8 Å². The molecule has 162 valence electrons. The fraction of sp³-hybridized carbons (Fsp3) is 0.560. The number of carbonyl (C=O) groups is 1. The molecule has 0 saturated heterocycles. The zero-order chi connectivity index (χ0) is 21.1. The van der Waals surface area contributed by atoms with Crippen molar-refractivity contribution in [3.05, 3.63) is 35.2 Å². The van der Waals surface area contributed by atoms with Crippen LogP contribution in [0.3, 0.4) is 0 Å². The van der Waals surface area contributed by atoms with E-state index in [1.54, 1.807) is 0 Å². The van der Waals surface area contributed by atoms with Crippen LogP contribution in [-0.4, -0.2) is 23.7 Å². The average Bonchev–Trinajstić information content (AvgIpc) is 3.04. The van der Waals surface area contributed by atoms with E-state index in [4.69, 9.17) is 15.2 Å². The van der Waals surface area contributed by atoms with Crippen LogP contribution in [0.5, 0.6) is 11.5 Å². The molecule has 2 heterocycles. The summed E-state index contributed by atoms with van der Waals surface area (Å²) in [5.74, 6) is 1.84. The van der Waals surface area contributed by atoms with Gasteiger partial charge in [0, 0.05) is 23.5 Å². The number of benzene rings is 1. The highest BCUT2D eigenvalue weighted by Gasteiger charge is 2.27. The van der Waals surface area contributed by atoms with Crippen molar-refractivity contribution >= 4 is 5.91 Å². The smallest absolute Gasteiger partial charge is 0.251 e. The molecular formula is C25H34N2O3. The molecule has 2 aromatic rings. The molecule has 2 aliphatic rings. The number of primary amides is 1. The molecule has 0 unspecified atom stereocenters. The number of rotatable bonds is 7. The molecule has 1 aliphatic heterocycles. The lowest BCUT2D eigenvalue weighted by molar-refractivity contribution is 0.1000. The Morgan fingerprint density at radius 3 is 2.57 bits per heavy atom. The number of nitrogens with zero attached hydrogens (tertiary/aromatic N) is 1. The Balaban J connectivity index is 1.82. The molecule has 5 heteroatoms. The Kier molecular flexibility index (Phi) is 6.35. The van der Waals surface area contributed by atoms with Gasteiger partial charge in [-0.1, -0.05) is 38.7 Å². The average molecular weight is 411 g/mol. The van der Waals surface area contributed by atoms with Crippen molar-refractivity contribution < 1.29 is 14.3 Å². The molecule has 1 saturated carbocycles. The second-order valence-electron chi connectivity index (χ2n) is 8.72. The van der Waals surface area contributed by atoms with E-state index >= 15 is 0 Å². The number of nitrogens with two attached hydrogens (primary N) is 1. The predicted octanol–water partition coefficient (Wildman–Crippen LogP) is 5.26. The van der Waals surface area contributed by atoms with Gasteiger partial charge in [0.2, 0.25) is 0 Å². The maximum Gasteiger partial charge on any atom is 0.251 e. The summed E-state index contributed by atoms with van der Waals surface area (Å²) in [6, 6.07) is 6.00. The van der Waals surface area contributed by atoms with Crippen LogP contribution in [0.25, 0.3) is 11.1 Å². The van der Waals surface area contributed by atoms with Gasteiger partial charge in [-0.15, -0.1) is 0 Å². The first kappa shape index (κ1) is 20.8. The second kappa shape index (κ2) is 9.15. The van der Waals surface area contributed by atoms with Crippen molar-refractivity contribution in [2.24, 2.45) is 11.7 Å². The Morgan fingerprint density at radius 2 is 1.87 bits per heavy atom. The lowest BCUT2D eigenvalue weighted by Crippen LogP contribution is -2.18. The van der Waals surface area contributed by atoms with E-state index in [0.29, 0.717) is 24.7 Å². The number of hydrogen-bond donors (Lipinski definition) is 1. The predicted molar refractivity (Wildman–Crippen MR) is 119 cm³/mol. The topological polar surface area (TPSA) is 66.5 Å². The van der Waals surface area contributed by atoms with Crippen LogP contribution < -0.4 is 15.2 Å². The summed E-state index contributed by atoms with van der Waals surface area (Å²) in [7, 11) is 0. The Labute approximate surface area is 179 Å². The van der Waals surface area contributed by atoms with Crippen LogP contribution in [0.2, 0.25) is 0 Å². The van der Waals surface area contributed by atoms with E-state index in [1.807, 2.05) is 18.2 Å². The van der Waals surface area contributed by atoms with Gasteiger partial charge in [-0.3, -0.25) is 4.79 Å². The molecule has 30 heavy (non-hydrogen) atoms. The molecule has 1 aliphatic carbocycles. The number of carbonyl (C=O) groups excluding carboxylic acids is 1. The third-order valence-corrected chi connectivity index (χ3v) is 6.64. The van der Waals surface area contributed by atoms with Crippen molar-refractivity contribution in [1.82, 2.24) is 4.57 Å². The molecule has 1 amide bonds. The minimum atomic E-state index is -0.350. The Bertz CT molecular complexity index is 910. The number of aromatic nitrogens is 1. The van der Waals surface area contributed by atoms with E-state index in [-0.39, 0.29) is 5.91 Å².